The van der Waals surface area contributed by atoms with Crippen LogP contribution in [-0.2, 0) is 34.3 Å². The van der Waals surface area contributed by atoms with E-state index < -0.39 is 16.1 Å². The smallest absolute Gasteiger partial charge is 0.251 e. The van der Waals surface area contributed by atoms with Gasteiger partial charge in [0.25, 0.3) is 5.91 Å². The maximum Gasteiger partial charge on any atom is 0.251 e. The molecule has 0 bridgehead atoms. The Balaban J connectivity index is 1.72. The number of carbonyl (C=O) groups excluding carboxylic acids is 1. The molecule has 1 aliphatic rings. The number of fused-ring (bicyclic) bond motifs is 1. The molecule has 2 aromatic rings. The Kier molecular flexibility index (Phi) is 5.86. The summed E-state index contributed by atoms with van der Waals surface area (Å²) in [6.45, 7) is 2.45. The van der Waals surface area contributed by atoms with E-state index in [-0.39, 0.29) is 17.3 Å². The Morgan fingerprint density at radius 3 is 2.59 bits per heavy atom. The molecule has 0 radical (unpaired) electrons. The van der Waals surface area contributed by atoms with Crippen molar-refractivity contribution in [2.45, 2.75) is 37.4 Å². The highest BCUT2D eigenvalue weighted by atomic mass is 35.5. The topological polar surface area (TPSA) is 86.7 Å². The number of aliphatic hydroxyl groups is 1. The molecule has 1 heterocycles. The molecule has 0 saturated carbocycles. The van der Waals surface area contributed by atoms with Gasteiger partial charge < -0.3 is 10.0 Å². The molecule has 2 N–H and O–H groups in total. The van der Waals surface area contributed by atoms with Gasteiger partial charge in [0.15, 0.2) is 0 Å². The highest BCUT2D eigenvalue weighted by molar-refractivity contribution is 7.89. The lowest BCUT2D eigenvalue weighted by Gasteiger charge is -2.30. The SMILES string of the molecule is C[C@@H](O)C(=O)N1CCc2cc(S(=O)(=O)NCc3ccc(Cl)cc3)ccc2C1. The van der Waals surface area contributed by atoms with E-state index in [1.165, 1.54) is 6.92 Å². The number of hydrogen-bond acceptors (Lipinski definition) is 4. The lowest BCUT2D eigenvalue weighted by molar-refractivity contribution is -0.140. The van der Waals surface area contributed by atoms with E-state index in [0.29, 0.717) is 24.5 Å². The molecule has 144 valence electrons. The van der Waals surface area contributed by atoms with Crippen LogP contribution < -0.4 is 4.72 Å². The van der Waals surface area contributed by atoms with Crippen molar-refractivity contribution in [1.29, 1.82) is 0 Å². The average molecular weight is 409 g/mol. The van der Waals surface area contributed by atoms with Crippen molar-refractivity contribution in [3.8, 4) is 0 Å². The number of halogens is 1. The highest BCUT2D eigenvalue weighted by Crippen LogP contribution is 2.23. The van der Waals surface area contributed by atoms with Crippen molar-refractivity contribution < 1.29 is 18.3 Å². The van der Waals surface area contributed by atoms with Gasteiger partial charge in [0, 0.05) is 24.7 Å². The van der Waals surface area contributed by atoms with Gasteiger partial charge in [0.1, 0.15) is 6.10 Å². The van der Waals surface area contributed by atoms with Crippen LogP contribution in [0.15, 0.2) is 47.4 Å². The van der Waals surface area contributed by atoms with Gasteiger partial charge in [-0.25, -0.2) is 13.1 Å². The number of benzene rings is 2. The third-order valence-electron chi connectivity index (χ3n) is 4.55. The van der Waals surface area contributed by atoms with Crippen LogP contribution in [0.3, 0.4) is 0 Å². The fraction of sp³-hybridized carbons (Fsp3) is 0.316. The number of aliphatic hydroxyl groups excluding tert-OH is 1. The number of amides is 1. The van der Waals surface area contributed by atoms with Crippen molar-refractivity contribution in [1.82, 2.24) is 9.62 Å². The van der Waals surface area contributed by atoms with Crippen LogP contribution in [-0.4, -0.2) is 37.0 Å². The zero-order chi connectivity index (χ0) is 19.6. The second-order valence-electron chi connectivity index (χ2n) is 6.57. The van der Waals surface area contributed by atoms with Crippen LogP contribution in [0.2, 0.25) is 5.02 Å². The fourth-order valence-electron chi connectivity index (χ4n) is 3.01. The predicted octanol–water partition coefficient (Wildman–Crippen LogP) is 2.08. The Hall–Kier alpha value is -1.93. The number of hydrogen-bond donors (Lipinski definition) is 2. The summed E-state index contributed by atoms with van der Waals surface area (Å²) >= 11 is 5.84. The second-order valence-corrected chi connectivity index (χ2v) is 8.77. The van der Waals surface area contributed by atoms with Gasteiger partial charge in [-0.2, -0.15) is 0 Å². The molecule has 1 atom stereocenters. The van der Waals surface area contributed by atoms with E-state index in [0.717, 1.165) is 16.7 Å². The molecule has 0 spiro atoms. The first kappa shape index (κ1) is 19.8. The van der Waals surface area contributed by atoms with E-state index in [4.69, 9.17) is 11.6 Å². The number of rotatable bonds is 5. The first-order chi connectivity index (χ1) is 12.8. The Labute approximate surface area is 163 Å². The number of nitrogens with zero attached hydrogens (tertiary/aromatic N) is 1. The molecule has 27 heavy (non-hydrogen) atoms. The molecular weight excluding hydrogens is 388 g/mol. The minimum atomic E-state index is -3.65. The molecule has 2 aromatic carbocycles. The molecule has 0 aliphatic carbocycles. The van der Waals surface area contributed by atoms with Crippen LogP contribution in [0.5, 0.6) is 0 Å². The Morgan fingerprint density at radius 2 is 1.93 bits per heavy atom. The molecule has 0 saturated heterocycles. The van der Waals surface area contributed by atoms with Gasteiger partial charge in [0.2, 0.25) is 10.0 Å². The van der Waals surface area contributed by atoms with Gasteiger partial charge >= 0.3 is 0 Å². The Bertz CT molecular complexity index is 943. The maximum absolute atomic E-state index is 12.6. The van der Waals surface area contributed by atoms with E-state index in [1.807, 2.05) is 0 Å². The molecule has 0 fully saturated rings. The Morgan fingerprint density at radius 1 is 1.22 bits per heavy atom. The van der Waals surface area contributed by atoms with Gasteiger partial charge in [-0.15, -0.1) is 0 Å². The van der Waals surface area contributed by atoms with E-state index in [2.05, 4.69) is 4.72 Å². The summed E-state index contributed by atoms with van der Waals surface area (Å²) in [4.78, 5) is 13.7. The molecular formula is C19H21ClN2O4S. The van der Waals surface area contributed by atoms with Crippen molar-refractivity contribution in [2.75, 3.05) is 6.54 Å². The summed E-state index contributed by atoms with van der Waals surface area (Å²) in [6.07, 6.45) is -0.489. The van der Waals surface area contributed by atoms with Gasteiger partial charge in [-0.05, 0) is 54.3 Å². The maximum atomic E-state index is 12.6. The molecule has 1 amide bonds. The zero-order valence-corrected chi connectivity index (χ0v) is 16.4. The minimum Gasteiger partial charge on any atom is -0.384 e. The molecule has 6 nitrogen and oxygen atoms in total. The zero-order valence-electron chi connectivity index (χ0n) is 14.9. The molecule has 0 aromatic heterocycles. The summed E-state index contributed by atoms with van der Waals surface area (Å²) in [6, 6.07) is 11.9. The summed E-state index contributed by atoms with van der Waals surface area (Å²) in [7, 11) is -3.65. The fourth-order valence-corrected chi connectivity index (χ4v) is 4.21. The van der Waals surface area contributed by atoms with Crippen LogP contribution in [0.4, 0.5) is 0 Å². The van der Waals surface area contributed by atoms with Crippen LogP contribution in [0.25, 0.3) is 0 Å². The lowest BCUT2D eigenvalue weighted by Crippen LogP contribution is -2.41. The summed E-state index contributed by atoms with van der Waals surface area (Å²) < 4.78 is 27.8. The van der Waals surface area contributed by atoms with Gasteiger partial charge in [-0.1, -0.05) is 29.8 Å². The average Bonchev–Trinajstić information content (AvgIpc) is 2.66. The van der Waals surface area contributed by atoms with Crippen molar-refractivity contribution in [3.63, 3.8) is 0 Å². The highest BCUT2D eigenvalue weighted by Gasteiger charge is 2.25. The third kappa shape index (κ3) is 4.68. The summed E-state index contributed by atoms with van der Waals surface area (Å²) in [5, 5.41) is 10.1. The summed E-state index contributed by atoms with van der Waals surface area (Å²) in [5.74, 6) is -0.318. The van der Waals surface area contributed by atoms with Crippen molar-refractivity contribution >= 4 is 27.5 Å². The molecule has 0 unspecified atom stereocenters. The van der Waals surface area contributed by atoms with Crippen LogP contribution in [0.1, 0.15) is 23.6 Å². The van der Waals surface area contributed by atoms with Crippen LogP contribution >= 0.6 is 11.6 Å². The van der Waals surface area contributed by atoms with Crippen molar-refractivity contribution in [2.24, 2.45) is 0 Å². The predicted molar refractivity (Wildman–Crippen MR) is 103 cm³/mol. The largest absolute Gasteiger partial charge is 0.384 e. The first-order valence-corrected chi connectivity index (χ1v) is 10.4. The lowest BCUT2D eigenvalue weighted by atomic mass is 9.99. The minimum absolute atomic E-state index is 0.174. The van der Waals surface area contributed by atoms with Gasteiger partial charge in [0.05, 0.1) is 4.90 Å². The number of nitrogens with one attached hydrogen (secondary N) is 1. The second kappa shape index (κ2) is 7.98. The quantitative estimate of drug-likeness (QED) is 0.793. The van der Waals surface area contributed by atoms with Crippen molar-refractivity contribution in [3.05, 3.63) is 64.2 Å². The first-order valence-electron chi connectivity index (χ1n) is 8.59. The normalized spacial score (nSPS) is 15.3. The van der Waals surface area contributed by atoms with Gasteiger partial charge in [-0.3, -0.25) is 4.79 Å². The molecule has 3 rings (SSSR count). The number of sulfonamides is 1. The van der Waals surface area contributed by atoms with E-state index >= 15 is 0 Å². The molecule has 8 heteroatoms. The third-order valence-corrected chi connectivity index (χ3v) is 6.20. The monoisotopic (exact) mass is 408 g/mol. The van der Waals surface area contributed by atoms with E-state index in [9.17, 15) is 18.3 Å². The standard InChI is InChI=1S/C19H21ClN2O4S/c1-13(23)19(24)22-9-8-15-10-18(7-4-16(15)12-22)27(25,26)21-11-14-2-5-17(20)6-3-14/h2-7,10,13,21,23H,8-9,11-12H2,1H3/t13-/m1/s1. The van der Waals surface area contributed by atoms with Crippen LogP contribution in [0, 0.1) is 0 Å². The number of carbonyl (C=O) groups is 1. The molecule has 1 aliphatic heterocycles. The van der Waals surface area contributed by atoms with E-state index in [1.54, 1.807) is 47.4 Å². The summed E-state index contributed by atoms with van der Waals surface area (Å²) in [5.41, 5.74) is 2.61.